The molecule has 0 radical (unpaired) electrons. The Kier molecular flexibility index (Phi) is 4.81. The van der Waals surface area contributed by atoms with E-state index in [4.69, 9.17) is 11.6 Å². The number of alkyl halides is 3. The number of halogens is 4. The molecule has 0 aromatic heterocycles. The average molecular weight is 308 g/mol. The van der Waals surface area contributed by atoms with Crippen LogP contribution in [0.15, 0.2) is 18.2 Å². The Labute approximate surface area is 120 Å². The fraction of sp³-hybridized carbons (Fsp3) is 0.571. The first-order valence-corrected chi connectivity index (χ1v) is 7.01. The zero-order valence-corrected chi connectivity index (χ0v) is 11.6. The zero-order valence-electron chi connectivity index (χ0n) is 10.9. The molecule has 1 aliphatic rings. The van der Waals surface area contributed by atoms with Crippen molar-refractivity contribution in [3.63, 3.8) is 0 Å². The number of hydrogen-bond donors (Lipinski definition) is 2. The van der Waals surface area contributed by atoms with Crippen LogP contribution in [0.3, 0.4) is 0 Å². The molecule has 0 spiro atoms. The number of hydrogen-bond acceptors (Lipinski definition) is 2. The van der Waals surface area contributed by atoms with Crippen LogP contribution in [0.5, 0.6) is 5.75 Å². The topological polar surface area (TPSA) is 32.3 Å². The number of benzene rings is 1. The third kappa shape index (κ3) is 4.03. The van der Waals surface area contributed by atoms with Crippen LogP contribution in [-0.2, 0) is 6.54 Å². The van der Waals surface area contributed by atoms with Gasteiger partial charge in [-0.1, -0.05) is 17.7 Å². The average Bonchev–Trinajstić information content (AvgIpc) is 2.40. The van der Waals surface area contributed by atoms with Crippen LogP contribution in [0.25, 0.3) is 0 Å². The molecule has 0 saturated heterocycles. The minimum atomic E-state index is -4.06. The number of phenolic OH excluding ortho intramolecular Hbond substituents is 1. The van der Waals surface area contributed by atoms with Crippen molar-refractivity contribution < 1.29 is 18.3 Å². The highest BCUT2D eigenvalue weighted by molar-refractivity contribution is 6.32. The number of aromatic hydroxyl groups is 1. The van der Waals surface area contributed by atoms with Crippen molar-refractivity contribution in [3.8, 4) is 5.75 Å². The maximum absolute atomic E-state index is 12.5. The van der Waals surface area contributed by atoms with Crippen molar-refractivity contribution in [2.75, 3.05) is 0 Å². The summed E-state index contributed by atoms with van der Waals surface area (Å²) in [5.74, 6) is -1.12. The van der Waals surface area contributed by atoms with Crippen molar-refractivity contribution >= 4 is 11.6 Å². The summed E-state index contributed by atoms with van der Waals surface area (Å²) >= 11 is 5.80. The van der Waals surface area contributed by atoms with Crippen LogP contribution >= 0.6 is 11.6 Å². The molecule has 6 heteroatoms. The lowest BCUT2D eigenvalue weighted by molar-refractivity contribution is -0.182. The van der Waals surface area contributed by atoms with Crippen LogP contribution < -0.4 is 5.32 Å². The van der Waals surface area contributed by atoms with Gasteiger partial charge >= 0.3 is 6.18 Å². The molecular formula is C14H17ClF3NO. The molecule has 1 aromatic rings. The maximum Gasteiger partial charge on any atom is 0.391 e. The Balaban J connectivity index is 1.80. The molecule has 0 atom stereocenters. The number of nitrogens with one attached hydrogen (secondary N) is 1. The highest BCUT2D eigenvalue weighted by atomic mass is 35.5. The molecular weight excluding hydrogens is 291 g/mol. The summed E-state index contributed by atoms with van der Waals surface area (Å²) in [6, 6.07) is 5.03. The van der Waals surface area contributed by atoms with Crippen LogP contribution in [0.1, 0.15) is 31.2 Å². The molecule has 0 bridgehead atoms. The van der Waals surface area contributed by atoms with Crippen LogP contribution in [0.4, 0.5) is 13.2 Å². The van der Waals surface area contributed by atoms with Crippen molar-refractivity contribution in [1.29, 1.82) is 0 Å². The minimum absolute atomic E-state index is 0.0288. The molecule has 1 saturated carbocycles. The van der Waals surface area contributed by atoms with Crippen molar-refractivity contribution in [3.05, 3.63) is 28.8 Å². The predicted molar refractivity (Wildman–Crippen MR) is 71.8 cm³/mol. The lowest BCUT2D eigenvalue weighted by Gasteiger charge is -2.30. The summed E-state index contributed by atoms with van der Waals surface area (Å²) in [5, 5.41) is 12.8. The Morgan fingerprint density at radius 3 is 2.40 bits per heavy atom. The molecule has 1 aliphatic carbocycles. The highest BCUT2D eigenvalue weighted by Gasteiger charge is 2.41. The van der Waals surface area contributed by atoms with Gasteiger partial charge in [0.2, 0.25) is 0 Å². The van der Waals surface area contributed by atoms with E-state index in [0.717, 1.165) is 5.56 Å². The zero-order chi connectivity index (χ0) is 14.8. The third-order valence-electron chi connectivity index (χ3n) is 3.80. The lowest BCUT2D eigenvalue weighted by atomic mass is 9.85. The number of rotatable bonds is 3. The van der Waals surface area contributed by atoms with E-state index in [1.54, 1.807) is 12.1 Å². The summed E-state index contributed by atoms with van der Waals surface area (Å²) in [4.78, 5) is 0. The first kappa shape index (κ1) is 15.4. The van der Waals surface area contributed by atoms with Gasteiger partial charge in [-0.3, -0.25) is 0 Å². The van der Waals surface area contributed by atoms with Gasteiger partial charge in [-0.05, 0) is 43.4 Å². The molecule has 2 nitrogen and oxygen atoms in total. The van der Waals surface area contributed by atoms with E-state index < -0.39 is 12.1 Å². The molecule has 0 unspecified atom stereocenters. The molecule has 112 valence electrons. The van der Waals surface area contributed by atoms with E-state index in [1.165, 1.54) is 6.07 Å². The normalized spacial score (nSPS) is 23.8. The first-order valence-electron chi connectivity index (χ1n) is 6.64. The molecule has 0 aliphatic heterocycles. The SMILES string of the molecule is Oc1ccc(CNC2CCC(C(F)(F)F)CC2)cc1Cl. The Morgan fingerprint density at radius 1 is 1.20 bits per heavy atom. The summed E-state index contributed by atoms with van der Waals surface area (Å²) < 4.78 is 37.6. The van der Waals surface area contributed by atoms with E-state index in [-0.39, 0.29) is 29.7 Å². The quantitative estimate of drug-likeness (QED) is 0.874. The van der Waals surface area contributed by atoms with Gasteiger partial charge in [0.15, 0.2) is 0 Å². The molecule has 0 amide bonds. The van der Waals surface area contributed by atoms with E-state index in [2.05, 4.69) is 5.32 Å². The van der Waals surface area contributed by atoms with Gasteiger partial charge in [0.25, 0.3) is 0 Å². The van der Waals surface area contributed by atoms with E-state index in [0.29, 0.717) is 19.4 Å². The van der Waals surface area contributed by atoms with Gasteiger partial charge in [-0.2, -0.15) is 13.2 Å². The largest absolute Gasteiger partial charge is 0.506 e. The van der Waals surface area contributed by atoms with E-state index >= 15 is 0 Å². The lowest BCUT2D eigenvalue weighted by Crippen LogP contribution is -2.36. The maximum atomic E-state index is 12.5. The molecule has 1 aromatic carbocycles. The van der Waals surface area contributed by atoms with Crippen LogP contribution in [0.2, 0.25) is 5.02 Å². The summed E-state index contributed by atoms with van der Waals surface area (Å²) in [5.41, 5.74) is 0.908. The first-order chi connectivity index (χ1) is 9.36. The second kappa shape index (κ2) is 6.22. The number of phenols is 1. The van der Waals surface area contributed by atoms with Gasteiger partial charge < -0.3 is 10.4 Å². The fourth-order valence-electron chi connectivity index (χ4n) is 2.55. The summed E-state index contributed by atoms with van der Waals surface area (Å²) in [7, 11) is 0. The van der Waals surface area contributed by atoms with Gasteiger partial charge in [-0.15, -0.1) is 0 Å². The second-order valence-corrected chi connectivity index (χ2v) is 5.66. The van der Waals surface area contributed by atoms with E-state index in [1.807, 2.05) is 0 Å². The highest BCUT2D eigenvalue weighted by Crippen LogP contribution is 2.37. The van der Waals surface area contributed by atoms with Crippen molar-refractivity contribution in [2.24, 2.45) is 5.92 Å². The van der Waals surface area contributed by atoms with Crippen molar-refractivity contribution in [1.82, 2.24) is 5.32 Å². The molecule has 1 fully saturated rings. The van der Waals surface area contributed by atoms with Gasteiger partial charge in [0.1, 0.15) is 5.75 Å². The molecule has 2 N–H and O–H groups in total. The third-order valence-corrected chi connectivity index (χ3v) is 4.10. The monoisotopic (exact) mass is 307 g/mol. The summed E-state index contributed by atoms with van der Waals surface area (Å²) in [6.45, 7) is 0.543. The van der Waals surface area contributed by atoms with Crippen molar-refractivity contribution in [2.45, 2.75) is 44.4 Å². The molecule has 20 heavy (non-hydrogen) atoms. The fourth-order valence-corrected chi connectivity index (χ4v) is 2.75. The molecule has 0 heterocycles. The van der Waals surface area contributed by atoms with E-state index in [9.17, 15) is 18.3 Å². The second-order valence-electron chi connectivity index (χ2n) is 5.26. The Hall–Kier alpha value is -0.940. The summed E-state index contributed by atoms with van der Waals surface area (Å²) in [6.07, 6.45) is -2.60. The predicted octanol–water partition coefficient (Wildman–Crippen LogP) is 4.26. The molecule has 2 rings (SSSR count). The Morgan fingerprint density at radius 2 is 1.85 bits per heavy atom. The Bertz CT molecular complexity index is 456. The van der Waals surface area contributed by atoms with Gasteiger partial charge in [0.05, 0.1) is 10.9 Å². The van der Waals surface area contributed by atoms with Gasteiger partial charge in [0, 0.05) is 12.6 Å². The standard InChI is InChI=1S/C14H17ClF3NO/c15-12-7-9(1-6-13(12)20)8-19-11-4-2-10(3-5-11)14(16,17)18/h1,6-7,10-11,19-20H,2-5,8H2. The van der Waals surface area contributed by atoms with Gasteiger partial charge in [-0.25, -0.2) is 0 Å². The van der Waals surface area contributed by atoms with Crippen LogP contribution in [-0.4, -0.2) is 17.3 Å². The van der Waals surface area contributed by atoms with Crippen LogP contribution in [0, 0.1) is 5.92 Å². The minimum Gasteiger partial charge on any atom is -0.506 e. The smallest absolute Gasteiger partial charge is 0.391 e.